The van der Waals surface area contributed by atoms with Crippen LogP contribution < -0.4 is 10.5 Å². The molecule has 0 amide bonds. The van der Waals surface area contributed by atoms with Crippen LogP contribution in [0.3, 0.4) is 0 Å². The third kappa shape index (κ3) is 2.52. The molecule has 2 aromatic rings. The molecule has 0 aliphatic rings. The minimum absolute atomic E-state index is 0.166. The normalized spacial score (nSPS) is 11.4. The van der Waals surface area contributed by atoms with Crippen molar-refractivity contribution in [3.05, 3.63) is 42.1 Å². The molecule has 1 aromatic carbocycles. The summed E-state index contributed by atoms with van der Waals surface area (Å²) in [5.41, 5.74) is 6.10. The summed E-state index contributed by atoms with van der Waals surface area (Å²) in [7, 11) is -1.93. The Balaban J connectivity index is 2.36. The van der Waals surface area contributed by atoms with Crippen LogP contribution in [0.2, 0.25) is 0 Å². The van der Waals surface area contributed by atoms with Crippen LogP contribution in [-0.4, -0.2) is 18.2 Å². The van der Waals surface area contributed by atoms with Crippen LogP contribution in [0.1, 0.15) is 5.56 Å². The van der Waals surface area contributed by atoms with Crippen molar-refractivity contribution >= 4 is 15.8 Å². The second-order valence-electron chi connectivity index (χ2n) is 3.79. The van der Waals surface area contributed by atoms with Gasteiger partial charge in [-0.2, -0.15) is 5.10 Å². The zero-order valence-corrected chi connectivity index (χ0v) is 10.7. The van der Waals surface area contributed by atoms with Crippen molar-refractivity contribution in [3.8, 4) is 0 Å². The van der Waals surface area contributed by atoms with Gasteiger partial charge in [0.1, 0.15) is 0 Å². The first kappa shape index (κ1) is 12.6. The number of aromatic nitrogens is 2. The van der Waals surface area contributed by atoms with Gasteiger partial charge in [0, 0.05) is 25.9 Å². The van der Waals surface area contributed by atoms with Crippen LogP contribution in [0.5, 0.6) is 0 Å². The zero-order chi connectivity index (χ0) is 13.2. The van der Waals surface area contributed by atoms with E-state index in [9.17, 15) is 8.42 Å². The third-order valence-electron chi connectivity index (χ3n) is 2.43. The van der Waals surface area contributed by atoms with Crippen molar-refractivity contribution in [1.82, 2.24) is 9.78 Å². The smallest absolute Gasteiger partial charge is 0.263 e. The van der Waals surface area contributed by atoms with E-state index in [4.69, 9.17) is 5.73 Å². The SMILES string of the molecule is Cn1ccc(NS(=O)(=O)c2ccccc2CN)n1. The predicted octanol–water partition coefficient (Wildman–Crippen LogP) is 0.680. The van der Waals surface area contributed by atoms with E-state index in [1.807, 2.05) is 0 Å². The fourth-order valence-corrected chi connectivity index (χ4v) is 2.85. The molecule has 0 bridgehead atoms. The number of aryl methyl sites for hydroxylation is 1. The van der Waals surface area contributed by atoms with Gasteiger partial charge in [0.05, 0.1) is 4.90 Å². The van der Waals surface area contributed by atoms with Crippen LogP contribution in [0, 0.1) is 0 Å². The van der Waals surface area contributed by atoms with E-state index < -0.39 is 10.0 Å². The van der Waals surface area contributed by atoms with Crippen LogP contribution in [0.4, 0.5) is 5.82 Å². The molecular formula is C11H14N4O2S. The Bertz CT molecular complexity index is 649. The Labute approximate surface area is 105 Å². The number of hydrogen-bond acceptors (Lipinski definition) is 4. The first-order chi connectivity index (χ1) is 8.53. The summed E-state index contributed by atoms with van der Waals surface area (Å²) in [6.45, 7) is 0.166. The van der Waals surface area contributed by atoms with Crippen LogP contribution in [-0.2, 0) is 23.6 Å². The van der Waals surface area contributed by atoms with E-state index in [2.05, 4.69) is 9.82 Å². The molecule has 0 aliphatic heterocycles. The Morgan fingerprint density at radius 1 is 1.33 bits per heavy atom. The molecule has 0 saturated carbocycles. The highest BCUT2D eigenvalue weighted by Gasteiger charge is 2.18. The topological polar surface area (TPSA) is 90.0 Å². The largest absolute Gasteiger partial charge is 0.326 e. The number of nitrogens with two attached hydrogens (primary N) is 1. The lowest BCUT2D eigenvalue weighted by atomic mass is 10.2. The van der Waals surface area contributed by atoms with Crippen LogP contribution in [0.25, 0.3) is 0 Å². The van der Waals surface area contributed by atoms with Gasteiger partial charge in [0.2, 0.25) is 0 Å². The predicted molar refractivity (Wildman–Crippen MR) is 68.3 cm³/mol. The Morgan fingerprint density at radius 2 is 2.06 bits per heavy atom. The molecule has 0 saturated heterocycles. The van der Waals surface area contributed by atoms with Gasteiger partial charge in [-0.3, -0.25) is 9.40 Å². The van der Waals surface area contributed by atoms with Crippen molar-refractivity contribution in [2.24, 2.45) is 12.8 Å². The summed E-state index contributed by atoms with van der Waals surface area (Å²) in [5.74, 6) is 0.282. The van der Waals surface area contributed by atoms with Gasteiger partial charge in [0.25, 0.3) is 10.0 Å². The van der Waals surface area contributed by atoms with E-state index >= 15 is 0 Å². The van der Waals surface area contributed by atoms with E-state index in [0.717, 1.165) is 0 Å². The van der Waals surface area contributed by atoms with E-state index in [1.54, 1.807) is 37.5 Å². The average Bonchev–Trinajstić information content (AvgIpc) is 2.74. The summed E-state index contributed by atoms with van der Waals surface area (Å²) in [5, 5.41) is 3.97. The van der Waals surface area contributed by atoms with Crippen molar-refractivity contribution in [3.63, 3.8) is 0 Å². The van der Waals surface area contributed by atoms with Gasteiger partial charge in [-0.25, -0.2) is 8.42 Å². The number of nitrogens with zero attached hydrogens (tertiary/aromatic N) is 2. The van der Waals surface area contributed by atoms with Gasteiger partial charge in [-0.05, 0) is 11.6 Å². The van der Waals surface area contributed by atoms with Gasteiger partial charge in [0.15, 0.2) is 5.82 Å². The van der Waals surface area contributed by atoms with Gasteiger partial charge in [-0.15, -0.1) is 0 Å². The highest BCUT2D eigenvalue weighted by Crippen LogP contribution is 2.18. The minimum atomic E-state index is -3.65. The molecule has 0 atom stereocenters. The Hall–Kier alpha value is -1.86. The van der Waals surface area contributed by atoms with Crippen molar-refractivity contribution in [1.29, 1.82) is 0 Å². The fraction of sp³-hybridized carbons (Fsp3) is 0.182. The summed E-state index contributed by atoms with van der Waals surface area (Å²) in [4.78, 5) is 0.179. The molecule has 1 aromatic heterocycles. The van der Waals surface area contributed by atoms with Crippen molar-refractivity contribution in [2.45, 2.75) is 11.4 Å². The van der Waals surface area contributed by atoms with E-state index in [0.29, 0.717) is 5.56 Å². The Kier molecular flexibility index (Phi) is 3.35. The highest BCUT2D eigenvalue weighted by atomic mass is 32.2. The maximum atomic E-state index is 12.2. The number of rotatable bonds is 4. The summed E-state index contributed by atoms with van der Waals surface area (Å²) < 4.78 is 28.3. The molecule has 0 aliphatic carbocycles. The lowest BCUT2D eigenvalue weighted by Gasteiger charge is -2.09. The van der Waals surface area contributed by atoms with Gasteiger partial charge >= 0.3 is 0 Å². The standard InChI is InChI=1S/C11H14N4O2S/c1-15-7-6-11(13-15)14-18(16,17)10-5-3-2-4-9(10)8-12/h2-7H,8,12H2,1H3,(H,13,14). The summed E-state index contributed by atoms with van der Waals surface area (Å²) in [6.07, 6.45) is 1.66. The molecule has 0 spiro atoms. The number of benzene rings is 1. The summed E-state index contributed by atoms with van der Waals surface area (Å²) in [6, 6.07) is 8.21. The van der Waals surface area contributed by atoms with Gasteiger partial charge in [-0.1, -0.05) is 18.2 Å². The first-order valence-electron chi connectivity index (χ1n) is 5.33. The van der Waals surface area contributed by atoms with Crippen molar-refractivity contribution in [2.75, 3.05) is 4.72 Å². The molecule has 0 fully saturated rings. The molecule has 2 rings (SSSR count). The first-order valence-corrected chi connectivity index (χ1v) is 6.81. The van der Waals surface area contributed by atoms with E-state index in [-0.39, 0.29) is 17.3 Å². The molecular weight excluding hydrogens is 252 g/mol. The third-order valence-corrected chi connectivity index (χ3v) is 3.89. The maximum absolute atomic E-state index is 12.2. The van der Waals surface area contributed by atoms with Gasteiger partial charge < -0.3 is 5.73 Å². The van der Waals surface area contributed by atoms with Crippen LogP contribution in [0.15, 0.2) is 41.4 Å². The second-order valence-corrected chi connectivity index (χ2v) is 5.44. The highest BCUT2D eigenvalue weighted by molar-refractivity contribution is 7.92. The molecule has 18 heavy (non-hydrogen) atoms. The summed E-state index contributed by atoms with van der Waals surface area (Å²) >= 11 is 0. The lowest BCUT2D eigenvalue weighted by molar-refractivity contribution is 0.599. The quantitative estimate of drug-likeness (QED) is 0.851. The average molecular weight is 266 g/mol. The fourth-order valence-electron chi connectivity index (χ4n) is 1.60. The number of anilines is 1. The Morgan fingerprint density at radius 3 is 2.67 bits per heavy atom. The zero-order valence-electron chi connectivity index (χ0n) is 9.87. The number of nitrogens with one attached hydrogen (secondary N) is 1. The molecule has 1 heterocycles. The molecule has 6 nitrogen and oxygen atoms in total. The number of sulfonamides is 1. The van der Waals surface area contributed by atoms with Crippen LogP contribution >= 0.6 is 0 Å². The minimum Gasteiger partial charge on any atom is -0.326 e. The molecule has 0 radical (unpaired) electrons. The molecule has 96 valence electrons. The second kappa shape index (κ2) is 4.79. The molecule has 3 N–H and O–H groups in total. The maximum Gasteiger partial charge on any atom is 0.263 e. The molecule has 7 heteroatoms. The van der Waals surface area contributed by atoms with E-state index in [1.165, 1.54) is 10.7 Å². The lowest BCUT2D eigenvalue weighted by Crippen LogP contribution is -2.16. The monoisotopic (exact) mass is 266 g/mol. The number of hydrogen-bond donors (Lipinski definition) is 2. The van der Waals surface area contributed by atoms with Crippen molar-refractivity contribution < 1.29 is 8.42 Å². The molecule has 0 unspecified atom stereocenters.